The Balaban J connectivity index is 2.04. The molecule has 2 heterocycles. The molecule has 0 radical (unpaired) electrons. The molecule has 0 atom stereocenters. The van der Waals surface area contributed by atoms with Gasteiger partial charge in [-0.15, -0.1) is 0 Å². The number of anilines is 2. The first kappa shape index (κ1) is 19.2. The van der Waals surface area contributed by atoms with Gasteiger partial charge in [-0.3, -0.25) is 9.59 Å². The number of aryl methyl sites for hydroxylation is 2. The van der Waals surface area contributed by atoms with Crippen molar-refractivity contribution in [3.63, 3.8) is 0 Å². The summed E-state index contributed by atoms with van der Waals surface area (Å²) in [4.78, 5) is 32.7. The van der Waals surface area contributed by atoms with Gasteiger partial charge in [0.15, 0.2) is 5.82 Å². The highest BCUT2D eigenvalue weighted by atomic mass is 16.2. The largest absolute Gasteiger partial charge is 0.382 e. The molecule has 0 aliphatic carbocycles. The molecule has 0 bridgehead atoms. The Labute approximate surface area is 152 Å². The number of nitrogen functional groups attached to an aromatic ring is 1. The van der Waals surface area contributed by atoms with Crippen molar-refractivity contribution in [2.24, 2.45) is 14.1 Å². The van der Waals surface area contributed by atoms with Gasteiger partial charge in [-0.2, -0.15) is 0 Å². The summed E-state index contributed by atoms with van der Waals surface area (Å²) < 4.78 is 3.08. The number of rotatable bonds is 7. The van der Waals surface area contributed by atoms with Crippen LogP contribution < -0.4 is 16.4 Å². The molecule has 9 heteroatoms. The summed E-state index contributed by atoms with van der Waals surface area (Å²) >= 11 is 0. The first-order valence-corrected chi connectivity index (χ1v) is 8.45. The van der Waals surface area contributed by atoms with E-state index in [1.807, 2.05) is 6.08 Å². The molecule has 0 aliphatic rings. The van der Waals surface area contributed by atoms with Gasteiger partial charge in [0.25, 0.3) is 11.8 Å². The molecule has 2 amide bonds. The Morgan fingerprint density at radius 1 is 1.08 bits per heavy atom. The second-order valence-electron chi connectivity index (χ2n) is 5.89. The molecule has 4 N–H and O–H groups in total. The third-order valence-corrected chi connectivity index (χ3v) is 3.98. The summed E-state index contributed by atoms with van der Waals surface area (Å²) in [6.07, 6.45) is 7.04. The van der Waals surface area contributed by atoms with Crippen LogP contribution in [0.25, 0.3) is 0 Å². The average Bonchev–Trinajstić information content (AvgIpc) is 3.13. The SMILES string of the molecule is CCC(=CCNC(=O)c1nc(NC(=O)c2nc(N)cn2C)cn1C)CC. The maximum Gasteiger partial charge on any atom is 0.292 e. The highest BCUT2D eigenvalue weighted by molar-refractivity contribution is 6.02. The summed E-state index contributed by atoms with van der Waals surface area (Å²) in [5.41, 5.74) is 6.86. The van der Waals surface area contributed by atoms with E-state index in [2.05, 4.69) is 34.4 Å². The lowest BCUT2D eigenvalue weighted by Crippen LogP contribution is -2.26. The monoisotopic (exact) mass is 359 g/mol. The summed E-state index contributed by atoms with van der Waals surface area (Å²) in [6, 6.07) is 0. The number of nitrogens with one attached hydrogen (secondary N) is 2. The molecular formula is C17H25N7O2. The Morgan fingerprint density at radius 3 is 2.27 bits per heavy atom. The van der Waals surface area contributed by atoms with Gasteiger partial charge in [-0.05, 0) is 12.8 Å². The maximum atomic E-state index is 12.3. The van der Waals surface area contributed by atoms with Crippen LogP contribution in [-0.4, -0.2) is 37.5 Å². The average molecular weight is 359 g/mol. The van der Waals surface area contributed by atoms with Crippen molar-refractivity contribution in [1.29, 1.82) is 0 Å². The molecule has 0 unspecified atom stereocenters. The molecule has 0 saturated heterocycles. The predicted octanol–water partition coefficient (Wildman–Crippen LogP) is 1.46. The molecular weight excluding hydrogens is 334 g/mol. The van der Waals surface area contributed by atoms with Crippen molar-refractivity contribution in [2.75, 3.05) is 17.6 Å². The van der Waals surface area contributed by atoms with Gasteiger partial charge in [-0.25, -0.2) is 9.97 Å². The van der Waals surface area contributed by atoms with Crippen LogP contribution in [0, 0.1) is 0 Å². The number of hydrogen-bond acceptors (Lipinski definition) is 5. The number of carbonyl (C=O) groups is 2. The molecule has 0 aromatic carbocycles. The lowest BCUT2D eigenvalue weighted by Gasteiger charge is -2.04. The van der Waals surface area contributed by atoms with Crippen LogP contribution in [0.5, 0.6) is 0 Å². The van der Waals surface area contributed by atoms with E-state index in [4.69, 9.17) is 5.73 Å². The van der Waals surface area contributed by atoms with E-state index in [9.17, 15) is 9.59 Å². The van der Waals surface area contributed by atoms with Gasteiger partial charge < -0.3 is 25.5 Å². The number of aromatic nitrogens is 4. The summed E-state index contributed by atoms with van der Waals surface area (Å²) in [6.45, 7) is 4.61. The first-order valence-electron chi connectivity index (χ1n) is 8.45. The van der Waals surface area contributed by atoms with Gasteiger partial charge in [-0.1, -0.05) is 25.5 Å². The minimum Gasteiger partial charge on any atom is -0.382 e. The van der Waals surface area contributed by atoms with Gasteiger partial charge in [0.2, 0.25) is 11.6 Å². The topological polar surface area (TPSA) is 120 Å². The third kappa shape index (κ3) is 4.50. The standard InChI is InChI=1S/C17H25N7O2/c1-5-11(6-2)7-8-19-16(25)14-21-13(10-24(14)4)22-17(26)15-20-12(18)9-23(15)3/h7,9-10H,5-6,8,18H2,1-4H3,(H,19,25)(H,22,26). The van der Waals surface area contributed by atoms with Crippen molar-refractivity contribution in [1.82, 2.24) is 24.4 Å². The van der Waals surface area contributed by atoms with Crippen LogP contribution in [0.4, 0.5) is 11.6 Å². The predicted molar refractivity (Wildman–Crippen MR) is 99.8 cm³/mol. The minimum atomic E-state index is -0.451. The molecule has 2 aromatic heterocycles. The molecule has 0 aliphatic heterocycles. The van der Waals surface area contributed by atoms with Crippen LogP contribution in [0.15, 0.2) is 24.0 Å². The Hall–Kier alpha value is -3.10. The Kier molecular flexibility index (Phi) is 6.16. The quantitative estimate of drug-likeness (QED) is 0.647. The zero-order valence-corrected chi connectivity index (χ0v) is 15.5. The van der Waals surface area contributed by atoms with E-state index >= 15 is 0 Å². The number of carbonyl (C=O) groups excluding carboxylic acids is 2. The fourth-order valence-corrected chi connectivity index (χ4v) is 2.52. The number of nitrogens with two attached hydrogens (primary N) is 1. The summed E-state index contributed by atoms with van der Waals surface area (Å²) in [5.74, 6) is 0.135. The van der Waals surface area contributed by atoms with E-state index in [0.29, 0.717) is 6.54 Å². The smallest absolute Gasteiger partial charge is 0.292 e. The molecule has 0 saturated carbocycles. The van der Waals surface area contributed by atoms with Crippen LogP contribution in [0.1, 0.15) is 47.9 Å². The van der Waals surface area contributed by atoms with E-state index < -0.39 is 5.91 Å². The van der Waals surface area contributed by atoms with Crippen LogP contribution in [0.3, 0.4) is 0 Å². The van der Waals surface area contributed by atoms with E-state index in [-0.39, 0.29) is 29.2 Å². The number of amides is 2. The first-order chi connectivity index (χ1) is 12.3. The third-order valence-electron chi connectivity index (χ3n) is 3.98. The molecule has 0 spiro atoms. The van der Waals surface area contributed by atoms with Gasteiger partial charge in [0, 0.05) is 33.0 Å². The molecule has 2 rings (SSSR count). The van der Waals surface area contributed by atoms with Gasteiger partial charge in [0.1, 0.15) is 5.82 Å². The van der Waals surface area contributed by atoms with Gasteiger partial charge in [0.05, 0.1) is 0 Å². The highest BCUT2D eigenvalue weighted by Crippen LogP contribution is 2.10. The van der Waals surface area contributed by atoms with Crippen LogP contribution >= 0.6 is 0 Å². The fourth-order valence-electron chi connectivity index (χ4n) is 2.52. The molecule has 9 nitrogen and oxygen atoms in total. The summed E-state index contributed by atoms with van der Waals surface area (Å²) in [5, 5.41) is 5.42. The van der Waals surface area contributed by atoms with E-state index in [1.165, 1.54) is 10.1 Å². The molecule has 2 aromatic rings. The highest BCUT2D eigenvalue weighted by Gasteiger charge is 2.17. The number of hydrogen-bond donors (Lipinski definition) is 3. The number of allylic oxidation sites excluding steroid dienone is 1. The Morgan fingerprint density at radius 2 is 1.69 bits per heavy atom. The number of nitrogens with zero attached hydrogens (tertiary/aromatic N) is 4. The second kappa shape index (κ2) is 8.32. The molecule has 140 valence electrons. The van der Waals surface area contributed by atoms with Crippen molar-refractivity contribution in [3.8, 4) is 0 Å². The lowest BCUT2D eigenvalue weighted by atomic mass is 10.1. The maximum absolute atomic E-state index is 12.3. The minimum absolute atomic E-state index is 0.163. The van der Waals surface area contributed by atoms with Crippen molar-refractivity contribution in [2.45, 2.75) is 26.7 Å². The summed E-state index contributed by atoms with van der Waals surface area (Å²) in [7, 11) is 3.36. The fraction of sp³-hybridized carbons (Fsp3) is 0.412. The zero-order chi connectivity index (χ0) is 19.3. The van der Waals surface area contributed by atoms with Crippen molar-refractivity contribution >= 4 is 23.5 Å². The van der Waals surface area contributed by atoms with E-state index in [1.54, 1.807) is 31.1 Å². The second-order valence-corrected chi connectivity index (χ2v) is 5.89. The van der Waals surface area contributed by atoms with E-state index in [0.717, 1.165) is 12.8 Å². The van der Waals surface area contributed by atoms with Gasteiger partial charge >= 0.3 is 0 Å². The normalized spacial score (nSPS) is 10.5. The number of imidazole rings is 2. The Bertz CT molecular complexity index is 826. The lowest BCUT2D eigenvalue weighted by molar-refractivity contribution is 0.0943. The molecule has 0 fully saturated rings. The van der Waals surface area contributed by atoms with Crippen LogP contribution in [-0.2, 0) is 14.1 Å². The van der Waals surface area contributed by atoms with Crippen molar-refractivity contribution < 1.29 is 9.59 Å². The zero-order valence-electron chi connectivity index (χ0n) is 15.5. The van der Waals surface area contributed by atoms with Crippen molar-refractivity contribution in [3.05, 3.63) is 35.7 Å². The molecule has 26 heavy (non-hydrogen) atoms. The van der Waals surface area contributed by atoms with Crippen LogP contribution in [0.2, 0.25) is 0 Å².